The number of nitrogens with one attached hydrogen (secondary N) is 2. The van der Waals surface area contributed by atoms with Gasteiger partial charge in [0.15, 0.2) is 0 Å². The molecule has 5 nitrogen and oxygen atoms in total. The third-order valence-electron chi connectivity index (χ3n) is 5.25. The van der Waals surface area contributed by atoms with Gasteiger partial charge in [0.25, 0.3) is 5.91 Å². The van der Waals surface area contributed by atoms with E-state index in [1.165, 1.54) is 33.8 Å². The standard InChI is InChI=1S/C26H25N3O2/c30-26(28-31)15-14-20-10-12-21(13-11-20)18-27-17-16-22-19-29(23-6-2-1-3-7-23)25-9-5-4-8-24(22)25/h1-15,19,27,31H,16-18H2,(H,28,30)/b15-14+. The van der Waals surface area contributed by atoms with Crippen LogP contribution in [0.2, 0.25) is 0 Å². The first-order valence-corrected chi connectivity index (χ1v) is 10.3. The quantitative estimate of drug-likeness (QED) is 0.173. The minimum atomic E-state index is -0.542. The summed E-state index contributed by atoms with van der Waals surface area (Å²) in [6.07, 6.45) is 6.13. The van der Waals surface area contributed by atoms with E-state index in [9.17, 15) is 4.79 Å². The number of rotatable bonds is 8. The summed E-state index contributed by atoms with van der Waals surface area (Å²) < 4.78 is 2.26. The minimum absolute atomic E-state index is 0.542. The molecule has 0 unspecified atom stereocenters. The molecule has 0 bridgehead atoms. The van der Waals surface area contributed by atoms with Crippen LogP contribution in [0.5, 0.6) is 0 Å². The Bertz CT molecular complexity index is 1180. The Hall–Kier alpha value is -3.67. The van der Waals surface area contributed by atoms with Crippen LogP contribution in [0.25, 0.3) is 22.7 Å². The average molecular weight is 412 g/mol. The molecule has 156 valence electrons. The molecule has 0 atom stereocenters. The lowest BCUT2D eigenvalue weighted by atomic mass is 10.1. The second-order valence-corrected chi connectivity index (χ2v) is 7.35. The fraction of sp³-hybridized carbons (Fsp3) is 0.115. The van der Waals surface area contributed by atoms with Crippen molar-refractivity contribution in [3.63, 3.8) is 0 Å². The van der Waals surface area contributed by atoms with Gasteiger partial charge in [-0.15, -0.1) is 0 Å². The van der Waals surface area contributed by atoms with Crippen LogP contribution in [0.15, 0.2) is 91.1 Å². The zero-order chi connectivity index (χ0) is 21.5. The molecule has 0 aliphatic rings. The number of fused-ring (bicyclic) bond motifs is 1. The molecule has 4 aromatic rings. The van der Waals surface area contributed by atoms with Crippen molar-refractivity contribution in [2.24, 2.45) is 0 Å². The molecule has 0 fully saturated rings. The van der Waals surface area contributed by atoms with Crippen molar-refractivity contribution in [1.29, 1.82) is 0 Å². The molecule has 0 saturated carbocycles. The maximum Gasteiger partial charge on any atom is 0.267 e. The van der Waals surface area contributed by atoms with Crippen molar-refractivity contribution in [2.75, 3.05) is 6.54 Å². The number of carbonyl (C=O) groups excluding carboxylic acids is 1. The Kier molecular flexibility index (Phi) is 6.57. The molecule has 0 radical (unpaired) electrons. The Morgan fingerprint density at radius 1 is 0.935 bits per heavy atom. The van der Waals surface area contributed by atoms with Crippen molar-refractivity contribution in [3.8, 4) is 5.69 Å². The highest BCUT2D eigenvalue weighted by Crippen LogP contribution is 2.25. The maximum atomic E-state index is 11.0. The van der Waals surface area contributed by atoms with Crippen LogP contribution in [0.1, 0.15) is 16.7 Å². The zero-order valence-corrected chi connectivity index (χ0v) is 17.2. The lowest BCUT2D eigenvalue weighted by molar-refractivity contribution is -0.124. The molecule has 0 aliphatic heterocycles. The summed E-state index contributed by atoms with van der Waals surface area (Å²) in [5.41, 5.74) is 7.38. The molecular weight excluding hydrogens is 386 g/mol. The second kappa shape index (κ2) is 9.89. The van der Waals surface area contributed by atoms with E-state index >= 15 is 0 Å². The van der Waals surface area contributed by atoms with Crippen molar-refractivity contribution in [2.45, 2.75) is 13.0 Å². The Balaban J connectivity index is 1.37. The van der Waals surface area contributed by atoms with E-state index in [-0.39, 0.29) is 0 Å². The van der Waals surface area contributed by atoms with Gasteiger partial charge < -0.3 is 9.88 Å². The van der Waals surface area contributed by atoms with Gasteiger partial charge in [0, 0.05) is 29.9 Å². The van der Waals surface area contributed by atoms with E-state index < -0.39 is 5.91 Å². The summed E-state index contributed by atoms with van der Waals surface area (Å²) in [5, 5.41) is 13.3. The van der Waals surface area contributed by atoms with Gasteiger partial charge in [-0.25, -0.2) is 5.48 Å². The smallest absolute Gasteiger partial charge is 0.267 e. The van der Waals surface area contributed by atoms with Gasteiger partial charge in [-0.05, 0) is 53.9 Å². The van der Waals surface area contributed by atoms with Gasteiger partial charge in [0.1, 0.15) is 0 Å². The van der Waals surface area contributed by atoms with Crippen LogP contribution in [0.3, 0.4) is 0 Å². The number of aromatic nitrogens is 1. The number of hydrogen-bond acceptors (Lipinski definition) is 3. The molecule has 0 spiro atoms. The topological polar surface area (TPSA) is 66.3 Å². The molecule has 1 amide bonds. The predicted molar refractivity (Wildman–Crippen MR) is 124 cm³/mol. The monoisotopic (exact) mass is 411 g/mol. The third kappa shape index (κ3) is 5.09. The largest absolute Gasteiger partial charge is 0.316 e. The first kappa shape index (κ1) is 20.6. The van der Waals surface area contributed by atoms with Crippen LogP contribution >= 0.6 is 0 Å². The van der Waals surface area contributed by atoms with Gasteiger partial charge in [-0.2, -0.15) is 0 Å². The Morgan fingerprint density at radius 2 is 1.68 bits per heavy atom. The number of amides is 1. The number of benzene rings is 3. The van der Waals surface area contributed by atoms with E-state index in [4.69, 9.17) is 5.21 Å². The average Bonchev–Trinajstić information content (AvgIpc) is 3.20. The maximum absolute atomic E-state index is 11.0. The third-order valence-corrected chi connectivity index (χ3v) is 5.25. The highest BCUT2D eigenvalue weighted by molar-refractivity contribution is 5.90. The summed E-state index contributed by atoms with van der Waals surface area (Å²) in [6, 6.07) is 26.9. The van der Waals surface area contributed by atoms with E-state index in [2.05, 4.69) is 64.6 Å². The van der Waals surface area contributed by atoms with E-state index in [0.717, 1.165) is 25.1 Å². The van der Waals surface area contributed by atoms with Crippen LogP contribution in [0.4, 0.5) is 0 Å². The van der Waals surface area contributed by atoms with E-state index in [1.807, 2.05) is 30.3 Å². The summed E-state index contributed by atoms with van der Waals surface area (Å²) >= 11 is 0. The number of hydrogen-bond donors (Lipinski definition) is 3. The zero-order valence-electron chi connectivity index (χ0n) is 17.2. The van der Waals surface area contributed by atoms with E-state index in [0.29, 0.717) is 0 Å². The second-order valence-electron chi connectivity index (χ2n) is 7.35. The molecule has 31 heavy (non-hydrogen) atoms. The predicted octanol–water partition coefficient (Wildman–Crippen LogP) is 4.48. The fourth-order valence-corrected chi connectivity index (χ4v) is 3.66. The summed E-state index contributed by atoms with van der Waals surface area (Å²) in [7, 11) is 0. The molecule has 0 saturated heterocycles. The minimum Gasteiger partial charge on any atom is -0.316 e. The first-order valence-electron chi connectivity index (χ1n) is 10.3. The van der Waals surface area contributed by atoms with Gasteiger partial charge in [-0.1, -0.05) is 60.7 Å². The highest BCUT2D eigenvalue weighted by Gasteiger charge is 2.09. The molecular formula is C26H25N3O2. The molecule has 1 aromatic heterocycles. The molecule has 4 rings (SSSR count). The Labute approximate surface area is 181 Å². The molecule has 0 aliphatic carbocycles. The van der Waals surface area contributed by atoms with Crippen LogP contribution < -0.4 is 10.8 Å². The lowest BCUT2D eigenvalue weighted by Gasteiger charge is -2.05. The SMILES string of the molecule is O=C(/C=C/c1ccc(CNCCc2cn(-c3ccccc3)c3ccccc23)cc1)NO. The van der Waals surface area contributed by atoms with Gasteiger partial charge in [-0.3, -0.25) is 10.0 Å². The molecule has 3 N–H and O–H groups in total. The molecule has 3 aromatic carbocycles. The van der Waals surface area contributed by atoms with Crippen LogP contribution in [-0.2, 0) is 17.8 Å². The fourth-order valence-electron chi connectivity index (χ4n) is 3.66. The van der Waals surface area contributed by atoms with Crippen LogP contribution in [-0.4, -0.2) is 22.2 Å². The highest BCUT2D eigenvalue weighted by atomic mass is 16.5. The number of hydroxylamine groups is 1. The number of nitrogens with zero attached hydrogens (tertiary/aromatic N) is 1. The first-order chi connectivity index (χ1) is 15.2. The summed E-state index contributed by atoms with van der Waals surface area (Å²) in [4.78, 5) is 11.0. The number of para-hydroxylation sites is 2. The van der Waals surface area contributed by atoms with Crippen LogP contribution in [0, 0.1) is 0 Å². The Morgan fingerprint density at radius 3 is 2.45 bits per heavy atom. The van der Waals surface area contributed by atoms with Crippen molar-refractivity contribution in [3.05, 3.63) is 108 Å². The molecule has 5 heteroatoms. The number of carbonyl (C=O) groups is 1. The van der Waals surface area contributed by atoms with Crippen molar-refractivity contribution < 1.29 is 10.0 Å². The lowest BCUT2D eigenvalue weighted by Crippen LogP contribution is -2.16. The molecule has 1 heterocycles. The summed E-state index contributed by atoms with van der Waals surface area (Å²) in [5.74, 6) is -0.542. The summed E-state index contributed by atoms with van der Waals surface area (Å²) in [6.45, 7) is 1.65. The normalized spacial score (nSPS) is 11.3. The van der Waals surface area contributed by atoms with Gasteiger partial charge in [0.05, 0.1) is 5.52 Å². The van der Waals surface area contributed by atoms with E-state index in [1.54, 1.807) is 11.6 Å². The van der Waals surface area contributed by atoms with Gasteiger partial charge >= 0.3 is 0 Å². The van der Waals surface area contributed by atoms with Crippen molar-refractivity contribution >= 4 is 22.9 Å². The van der Waals surface area contributed by atoms with Crippen molar-refractivity contribution in [1.82, 2.24) is 15.4 Å². The van der Waals surface area contributed by atoms with Gasteiger partial charge in [0.2, 0.25) is 0 Å².